The van der Waals surface area contributed by atoms with Gasteiger partial charge in [0.15, 0.2) is 0 Å². The van der Waals surface area contributed by atoms with Gasteiger partial charge in [-0.3, -0.25) is 4.90 Å². The van der Waals surface area contributed by atoms with E-state index in [1.165, 1.54) is 0 Å². The van der Waals surface area contributed by atoms with E-state index in [1.54, 1.807) is 0 Å². The quantitative estimate of drug-likeness (QED) is 0.746. The van der Waals surface area contributed by atoms with Gasteiger partial charge in [-0.2, -0.15) is 0 Å². The van der Waals surface area contributed by atoms with Crippen LogP contribution in [0.1, 0.15) is 27.2 Å². The Bertz CT molecular complexity index is 258. The van der Waals surface area contributed by atoms with Crippen LogP contribution in [-0.4, -0.2) is 42.3 Å². The first-order valence-corrected chi connectivity index (χ1v) is 5.73. The highest BCUT2D eigenvalue weighted by Crippen LogP contribution is 2.11. The van der Waals surface area contributed by atoms with Crippen LogP contribution in [0.15, 0.2) is 12.7 Å². The van der Waals surface area contributed by atoms with Crippen LogP contribution in [0, 0.1) is 0 Å². The van der Waals surface area contributed by atoms with Crippen LogP contribution in [0.25, 0.3) is 0 Å². The van der Waals surface area contributed by atoms with Crippen molar-refractivity contribution in [3.8, 4) is 0 Å². The standard InChI is InChI=1S/C12H22N2O2/c1-5-7-14-8-6-10(9-14)13-11(15)16-12(2,3)4/h5,10H,1,6-9H2,2-4H3,(H,13,15). The Morgan fingerprint density at radius 3 is 2.88 bits per heavy atom. The Morgan fingerprint density at radius 1 is 1.62 bits per heavy atom. The molecule has 4 nitrogen and oxygen atoms in total. The number of nitrogens with zero attached hydrogens (tertiary/aromatic N) is 1. The molecule has 0 bridgehead atoms. The van der Waals surface area contributed by atoms with E-state index in [0.29, 0.717) is 0 Å². The zero-order valence-electron chi connectivity index (χ0n) is 10.5. The molecule has 16 heavy (non-hydrogen) atoms. The molecule has 1 saturated heterocycles. The molecule has 1 aliphatic rings. The van der Waals surface area contributed by atoms with E-state index in [9.17, 15) is 4.79 Å². The molecular weight excluding hydrogens is 204 g/mol. The number of ether oxygens (including phenoxy) is 1. The number of carbonyl (C=O) groups is 1. The molecule has 1 amide bonds. The zero-order valence-corrected chi connectivity index (χ0v) is 10.5. The molecule has 1 rings (SSSR count). The first-order valence-electron chi connectivity index (χ1n) is 5.73. The first kappa shape index (κ1) is 13.0. The number of alkyl carbamates (subject to hydrolysis) is 1. The molecule has 0 aromatic rings. The summed E-state index contributed by atoms with van der Waals surface area (Å²) < 4.78 is 5.21. The van der Waals surface area contributed by atoms with Gasteiger partial charge in [0.05, 0.1) is 0 Å². The molecule has 92 valence electrons. The summed E-state index contributed by atoms with van der Waals surface area (Å²) in [7, 11) is 0. The van der Waals surface area contributed by atoms with E-state index < -0.39 is 5.60 Å². The lowest BCUT2D eigenvalue weighted by molar-refractivity contribution is 0.0506. The second-order valence-corrected chi connectivity index (χ2v) is 5.18. The third kappa shape index (κ3) is 4.66. The lowest BCUT2D eigenvalue weighted by Crippen LogP contribution is -2.40. The smallest absolute Gasteiger partial charge is 0.407 e. The van der Waals surface area contributed by atoms with Crippen LogP contribution in [0.5, 0.6) is 0 Å². The van der Waals surface area contributed by atoms with Gasteiger partial charge in [-0.25, -0.2) is 4.79 Å². The topological polar surface area (TPSA) is 41.6 Å². The maximum Gasteiger partial charge on any atom is 0.407 e. The number of amides is 1. The number of rotatable bonds is 3. The van der Waals surface area contributed by atoms with E-state index in [2.05, 4.69) is 16.8 Å². The van der Waals surface area contributed by atoms with Gasteiger partial charge in [-0.1, -0.05) is 6.08 Å². The van der Waals surface area contributed by atoms with Gasteiger partial charge in [0.25, 0.3) is 0 Å². The fraction of sp³-hybridized carbons (Fsp3) is 0.750. The largest absolute Gasteiger partial charge is 0.444 e. The Hall–Kier alpha value is -1.03. The van der Waals surface area contributed by atoms with E-state index in [-0.39, 0.29) is 12.1 Å². The average Bonchev–Trinajstić information content (AvgIpc) is 2.49. The summed E-state index contributed by atoms with van der Waals surface area (Å²) in [5, 5.41) is 2.89. The minimum absolute atomic E-state index is 0.204. The lowest BCUT2D eigenvalue weighted by atomic mass is 10.2. The molecule has 0 saturated carbocycles. The molecule has 1 aliphatic heterocycles. The molecule has 1 N–H and O–H groups in total. The van der Waals surface area contributed by atoms with E-state index in [0.717, 1.165) is 26.1 Å². The van der Waals surface area contributed by atoms with Crippen LogP contribution in [0.3, 0.4) is 0 Å². The van der Waals surface area contributed by atoms with Crippen LogP contribution in [-0.2, 0) is 4.74 Å². The van der Waals surface area contributed by atoms with Gasteiger partial charge in [0.2, 0.25) is 0 Å². The molecular formula is C12H22N2O2. The van der Waals surface area contributed by atoms with E-state index in [1.807, 2.05) is 26.8 Å². The second kappa shape index (κ2) is 5.34. The zero-order chi connectivity index (χ0) is 12.2. The fourth-order valence-corrected chi connectivity index (χ4v) is 1.77. The van der Waals surface area contributed by atoms with Crippen LogP contribution in [0.4, 0.5) is 4.79 Å². The van der Waals surface area contributed by atoms with Crippen molar-refractivity contribution in [2.75, 3.05) is 19.6 Å². The number of hydrogen-bond acceptors (Lipinski definition) is 3. The molecule has 1 unspecified atom stereocenters. The van der Waals surface area contributed by atoms with Gasteiger partial charge in [-0.05, 0) is 27.2 Å². The molecule has 4 heteroatoms. The number of hydrogen-bond donors (Lipinski definition) is 1. The summed E-state index contributed by atoms with van der Waals surface area (Å²) in [4.78, 5) is 13.8. The number of likely N-dealkylation sites (tertiary alicyclic amines) is 1. The lowest BCUT2D eigenvalue weighted by Gasteiger charge is -2.21. The Balaban J connectivity index is 2.28. The molecule has 0 aromatic carbocycles. The molecule has 1 fully saturated rings. The Kier molecular flexibility index (Phi) is 4.35. The highest BCUT2D eigenvalue weighted by Gasteiger charge is 2.25. The number of nitrogens with one attached hydrogen (secondary N) is 1. The van der Waals surface area contributed by atoms with E-state index >= 15 is 0 Å². The minimum atomic E-state index is -0.427. The first-order chi connectivity index (χ1) is 7.40. The van der Waals surface area contributed by atoms with Crippen LogP contribution < -0.4 is 5.32 Å². The van der Waals surface area contributed by atoms with Gasteiger partial charge in [-0.15, -0.1) is 6.58 Å². The predicted molar refractivity (Wildman–Crippen MR) is 64.4 cm³/mol. The average molecular weight is 226 g/mol. The summed E-state index contributed by atoms with van der Waals surface area (Å²) in [6, 6.07) is 0.204. The maximum atomic E-state index is 11.5. The SMILES string of the molecule is C=CCN1CCC(NC(=O)OC(C)(C)C)C1. The van der Waals surface area contributed by atoms with Gasteiger partial charge in [0.1, 0.15) is 5.60 Å². The van der Waals surface area contributed by atoms with Crippen molar-refractivity contribution < 1.29 is 9.53 Å². The van der Waals surface area contributed by atoms with E-state index in [4.69, 9.17) is 4.74 Å². The van der Waals surface area contributed by atoms with Crippen molar-refractivity contribution in [3.05, 3.63) is 12.7 Å². The summed E-state index contributed by atoms with van der Waals surface area (Å²) in [6.45, 7) is 12.1. The monoisotopic (exact) mass is 226 g/mol. The highest BCUT2D eigenvalue weighted by molar-refractivity contribution is 5.68. The van der Waals surface area contributed by atoms with Crippen molar-refractivity contribution in [3.63, 3.8) is 0 Å². The van der Waals surface area contributed by atoms with Crippen LogP contribution in [0.2, 0.25) is 0 Å². The third-order valence-corrected chi connectivity index (χ3v) is 2.38. The third-order valence-electron chi connectivity index (χ3n) is 2.38. The number of carbonyl (C=O) groups excluding carboxylic acids is 1. The fourth-order valence-electron chi connectivity index (χ4n) is 1.77. The summed E-state index contributed by atoms with van der Waals surface area (Å²) in [6.07, 6.45) is 2.54. The van der Waals surface area contributed by atoms with Crippen molar-refractivity contribution in [2.45, 2.75) is 38.8 Å². The predicted octanol–water partition coefficient (Wildman–Crippen LogP) is 1.77. The van der Waals surface area contributed by atoms with Crippen molar-refractivity contribution in [1.29, 1.82) is 0 Å². The molecule has 1 heterocycles. The molecule has 1 atom stereocenters. The summed E-state index contributed by atoms with van der Waals surface area (Å²) in [5.41, 5.74) is -0.427. The normalized spacial score (nSPS) is 21.8. The second-order valence-electron chi connectivity index (χ2n) is 5.18. The van der Waals surface area contributed by atoms with Crippen LogP contribution >= 0.6 is 0 Å². The highest BCUT2D eigenvalue weighted by atomic mass is 16.6. The van der Waals surface area contributed by atoms with Gasteiger partial charge in [0, 0.05) is 25.7 Å². The maximum absolute atomic E-state index is 11.5. The Morgan fingerprint density at radius 2 is 2.31 bits per heavy atom. The molecule has 0 spiro atoms. The van der Waals surface area contributed by atoms with Gasteiger partial charge >= 0.3 is 6.09 Å². The van der Waals surface area contributed by atoms with Crippen molar-refractivity contribution >= 4 is 6.09 Å². The van der Waals surface area contributed by atoms with Gasteiger partial charge < -0.3 is 10.1 Å². The molecule has 0 aromatic heterocycles. The van der Waals surface area contributed by atoms with Crippen molar-refractivity contribution in [1.82, 2.24) is 10.2 Å². The summed E-state index contributed by atoms with van der Waals surface area (Å²) >= 11 is 0. The summed E-state index contributed by atoms with van der Waals surface area (Å²) in [5.74, 6) is 0. The minimum Gasteiger partial charge on any atom is -0.444 e. The Labute approximate surface area is 97.6 Å². The van der Waals surface area contributed by atoms with Crippen molar-refractivity contribution in [2.24, 2.45) is 0 Å². The molecule has 0 radical (unpaired) electrons. The molecule has 0 aliphatic carbocycles.